The van der Waals surface area contributed by atoms with Gasteiger partial charge in [0, 0.05) is 6.54 Å². The molecule has 0 fully saturated rings. The molecule has 0 N–H and O–H groups in total. The van der Waals surface area contributed by atoms with Crippen molar-refractivity contribution in [3.05, 3.63) is 82.6 Å². The van der Waals surface area contributed by atoms with Gasteiger partial charge in [0.15, 0.2) is 0 Å². The molecule has 0 amide bonds. The summed E-state index contributed by atoms with van der Waals surface area (Å²) in [5.74, 6) is 0. The van der Waals surface area contributed by atoms with Crippen LogP contribution in [0.4, 0.5) is 0 Å². The summed E-state index contributed by atoms with van der Waals surface area (Å²) >= 11 is 6.34. The van der Waals surface area contributed by atoms with Crippen LogP contribution in [0.2, 0.25) is 0 Å². The molecule has 3 rings (SSSR count). The van der Waals surface area contributed by atoms with Crippen LogP contribution in [0.15, 0.2) is 65.9 Å². The molecule has 0 saturated carbocycles. The number of aryl methyl sites for hydroxylation is 2. The number of benzene rings is 2. The lowest BCUT2D eigenvalue weighted by Crippen LogP contribution is -2.25. The van der Waals surface area contributed by atoms with Crippen molar-refractivity contribution in [2.75, 3.05) is 6.54 Å². The number of hydrogen-bond donors (Lipinski definition) is 0. The van der Waals surface area contributed by atoms with E-state index in [4.69, 9.17) is 16.4 Å². The Bertz CT molecular complexity index is 636. The molecule has 0 aromatic heterocycles. The standard InChI is InChI=1S/C19H20ClNO/c1-15-9-11-17(12-10-15)19-18(20)14-22-21(19)13-5-8-16-6-3-2-4-7-16/h2-4,6-7,9-12,14,19H,5,8,13H2,1H3. The smallest absolute Gasteiger partial charge is 0.128 e. The van der Waals surface area contributed by atoms with E-state index in [1.165, 1.54) is 16.7 Å². The number of hydrogen-bond acceptors (Lipinski definition) is 2. The van der Waals surface area contributed by atoms with Gasteiger partial charge in [-0.25, -0.2) is 0 Å². The summed E-state index contributed by atoms with van der Waals surface area (Å²) < 4.78 is 0. The van der Waals surface area contributed by atoms with Crippen LogP contribution in [0, 0.1) is 6.92 Å². The maximum Gasteiger partial charge on any atom is 0.128 e. The molecule has 0 bridgehead atoms. The van der Waals surface area contributed by atoms with Crippen molar-refractivity contribution in [3.63, 3.8) is 0 Å². The third kappa shape index (κ3) is 3.52. The Kier molecular flexibility index (Phi) is 4.81. The van der Waals surface area contributed by atoms with Crippen LogP contribution in [0.5, 0.6) is 0 Å². The SMILES string of the molecule is Cc1ccc(C2C(Cl)=CON2CCCc2ccccc2)cc1. The lowest BCUT2D eigenvalue weighted by Gasteiger charge is -2.23. The lowest BCUT2D eigenvalue weighted by atomic mass is 10.0. The van der Waals surface area contributed by atoms with Crippen molar-refractivity contribution < 1.29 is 4.84 Å². The maximum atomic E-state index is 6.34. The molecule has 2 aromatic carbocycles. The third-order valence-electron chi connectivity index (χ3n) is 3.93. The Morgan fingerprint density at radius 2 is 1.77 bits per heavy atom. The summed E-state index contributed by atoms with van der Waals surface area (Å²) in [5, 5.41) is 2.71. The zero-order chi connectivity index (χ0) is 15.4. The molecule has 0 saturated heterocycles. The molecule has 1 heterocycles. The zero-order valence-corrected chi connectivity index (χ0v) is 13.5. The van der Waals surface area contributed by atoms with Gasteiger partial charge in [0.25, 0.3) is 0 Å². The molecule has 22 heavy (non-hydrogen) atoms. The Labute approximate surface area is 136 Å². The molecule has 2 aromatic rings. The first kappa shape index (κ1) is 15.1. The summed E-state index contributed by atoms with van der Waals surface area (Å²) in [6, 6.07) is 19.0. The Balaban J connectivity index is 1.62. The second-order valence-electron chi connectivity index (χ2n) is 5.65. The molecule has 1 aliphatic rings. The lowest BCUT2D eigenvalue weighted by molar-refractivity contribution is -0.106. The van der Waals surface area contributed by atoms with E-state index in [-0.39, 0.29) is 6.04 Å². The fourth-order valence-corrected chi connectivity index (χ4v) is 3.00. The van der Waals surface area contributed by atoms with E-state index in [1.807, 2.05) is 11.1 Å². The van der Waals surface area contributed by atoms with Crippen LogP contribution < -0.4 is 0 Å². The van der Waals surface area contributed by atoms with E-state index in [9.17, 15) is 0 Å². The molecule has 3 heteroatoms. The summed E-state index contributed by atoms with van der Waals surface area (Å²) in [6.07, 6.45) is 3.72. The van der Waals surface area contributed by atoms with Gasteiger partial charge in [0.05, 0.1) is 5.03 Å². The zero-order valence-electron chi connectivity index (χ0n) is 12.7. The van der Waals surface area contributed by atoms with Gasteiger partial charge in [-0.05, 0) is 30.9 Å². The van der Waals surface area contributed by atoms with E-state index in [1.54, 1.807) is 6.26 Å². The Morgan fingerprint density at radius 3 is 2.50 bits per heavy atom. The highest BCUT2D eigenvalue weighted by molar-refractivity contribution is 6.30. The van der Waals surface area contributed by atoms with E-state index in [0.717, 1.165) is 24.4 Å². The molecule has 0 spiro atoms. The largest absolute Gasteiger partial charge is 0.412 e. The average molecular weight is 314 g/mol. The van der Waals surface area contributed by atoms with Crippen LogP contribution in [-0.2, 0) is 11.3 Å². The minimum absolute atomic E-state index is 0.0121. The Hall–Kier alpha value is -1.77. The van der Waals surface area contributed by atoms with Gasteiger partial charge >= 0.3 is 0 Å². The maximum absolute atomic E-state index is 6.34. The van der Waals surface area contributed by atoms with Gasteiger partial charge in [-0.1, -0.05) is 71.8 Å². The predicted octanol–water partition coefficient (Wildman–Crippen LogP) is 5.00. The molecule has 0 aliphatic carbocycles. The van der Waals surface area contributed by atoms with E-state index < -0.39 is 0 Å². The molecular formula is C19H20ClNO. The Morgan fingerprint density at radius 1 is 1.05 bits per heavy atom. The normalized spacial score (nSPS) is 18.1. The summed E-state index contributed by atoms with van der Waals surface area (Å²) in [4.78, 5) is 5.64. The monoisotopic (exact) mass is 313 g/mol. The van der Waals surface area contributed by atoms with E-state index in [2.05, 4.69) is 55.5 Å². The molecule has 114 valence electrons. The quantitative estimate of drug-likeness (QED) is 0.770. The number of halogens is 1. The molecular weight excluding hydrogens is 294 g/mol. The van der Waals surface area contributed by atoms with E-state index in [0.29, 0.717) is 0 Å². The molecule has 1 aliphatic heterocycles. The van der Waals surface area contributed by atoms with E-state index >= 15 is 0 Å². The summed E-state index contributed by atoms with van der Waals surface area (Å²) in [5.41, 5.74) is 3.77. The molecule has 0 radical (unpaired) electrons. The molecule has 2 nitrogen and oxygen atoms in total. The average Bonchev–Trinajstić information content (AvgIpc) is 2.90. The van der Waals surface area contributed by atoms with Gasteiger partial charge in [0.1, 0.15) is 12.3 Å². The van der Waals surface area contributed by atoms with Crippen molar-refractivity contribution in [2.45, 2.75) is 25.8 Å². The van der Waals surface area contributed by atoms with Crippen LogP contribution >= 0.6 is 11.6 Å². The van der Waals surface area contributed by atoms with Gasteiger partial charge in [-0.3, -0.25) is 0 Å². The fourth-order valence-electron chi connectivity index (χ4n) is 2.72. The van der Waals surface area contributed by atoms with Gasteiger partial charge < -0.3 is 4.84 Å². The fraction of sp³-hybridized carbons (Fsp3) is 0.263. The first-order chi connectivity index (χ1) is 10.7. The molecule has 1 atom stereocenters. The van der Waals surface area contributed by atoms with Crippen molar-refractivity contribution >= 4 is 11.6 Å². The van der Waals surface area contributed by atoms with Crippen LogP contribution in [0.25, 0.3) is 0 Å². The van der Waals surface area contributed by atoms with Crippen LogP contribution in [0.3, 0.4) is 0 Å². The van der Waals surface area contributed by atoms with Crippen LogP contribution in [-0.4, -0.2) is 11.6 Å². The summed E-state index contributed by atoms with van der Waals surface area (Å²) in [6.45, 7) is 2.93. The van der Waals surface area contributed by atoms with Crippen molar-refractivity contribution in [1.29, 1.82) is 0 Å². The summed E-state index contributed by atoms with van der Waals surface area (Å²) in [7, 11) is 0. The minimum atomic E-state index is 0.0121. The number of nitrogens with zero attached hydrogens (tertiary/aromatic N) is 1. The van der Waals surface area contributed by atoms with Crippen molar-refractivity contribution in [1.82, 2.24) is 5.06 Å². The number of rotatable bonds is 5. The topological polar surface area (TPSA) is 12.5 Å². The van der Waals surface area contributed by atoms with Crippen molar-refractivity contribution in [3.8, 4) is 0 Å². The minimum Gasteiger partial charge on any atom is -0.412 e. The van der Waals surface area contributed by atoms with Crippen molar-refractivity contribution in [2.24, 2.45) is 0 Å². The first-order valence-corrected chi connectivity index (χ1v) is 8.01. The third-order valence-corrected chi connectivity index (χ3v) is 4.23. The highest BCUT2D eigenvalue weighted by Gasteiger charge is 2.29. The highest BCUT2D eigenvalue weighted by Crippen LogP contribution is 2.36. The second-order valence-corrected chi connectivity index (χ2v) is 6.09. The molecule has 1 unspecified atom stereocenters. The first-order valence-electron chi connectivity index (χ1n) is 7.63. The van der Waals surface area contributed by atoms with Crippen LogP contribution in [0.1, 0.15) is 29.2 Å². The van der Waals surface area contributed by atoms with Gasteiger partial charge in [-0.2, -0.15) is 0 Å². The van der Waals surface area contributed by atoms with Gasteiger partial charge in [0.2, 0.25) is 0 Å². The highest BCUT2D eigenvalue weighted by atomic mass is 35.5. The van der Waals surface area contributed by atoms with Gasteiger partial charge in [-0.15, -0.1) is 5.06 Å². The number of hydroxylamine groups is 2. The second kappa shape index (κ2) is 6.99. The predicted molar refractivity (Wildman–Crippen MR) is 90.4 cm³/mol.